The maximum Gasteiger partial charge on any atom is 0.407 e. The van der Waals surface area contributed by atoms with Crippen molar-refractivity contribution in [2.75, 3.05) is 13.7 Å². The Balaban J connectivity index is 1.42. The normalized spacial score (nSPS) is 13.0. The number of carboxylic acid groups (broad SMARTS) is 1. The maximum atomic E-state index is 12.9. The van der Waals surface area contributed by atoms with E-state index in [0.29, 0.717) is 5.76 Å². The molecule has 0 aliphatic heterocycles. The summed E-state index contributed by atoms with van der Waals surface area (Å²) in [5.74, 6) is -1.21. The van der Waals surface area contributed by atoms with E-state index in [1.54, 1.807) is 20.0 Å². The highest BCUT2D eigenvalue weighted by molar-refractivity contribution is 5.89. The van der Waals surface area contributed by atoms with Crippen molar-refractivity contribution in [1.29, 1.82) is 0 Å². The minimum Gasteiger partial charge on any atom is -0.481 e. The Bertz CT molecular complexity index is 1170. The van der Waals surface area contributed by atoms with Crippen LogP contribution in [0.2, 0.25) is 0 Å². The first kappa shape index (κ1) is 23.1. The van der Waals surface area contributed by atoms with E-state index >= 15 is 0 Å². The van der Waals surface area contributed by atoms with E-state index in [2.05, 4.69) is 5.32 Å². The molecule has 1 heterocycles. The van der Waals surface area contributed by atoms with Crippen LogP contribution >= 0.6 is 0 Å². The monoisotopic (exact) mass is 462 g/mol. The number of furan rings is 1. The van der Waals surface area contributed by atoms with Gasteiger partial charge in [0.05, 0.1) is 12.7 Å². The lowest BCUT2D eigenvalue weighted by molar-refractivity contribution is -0.142. The molecule has 0 spiro atoms. The van der Waals surface area contributed by atoms with Gasteiger partial charge in [-0.1, -0.05) is 48.5 Å². The zero-order valence-corrected chi connectivity index (χ0v) is 19.0. The van der Waals surface area contributed by atoms with Crippen molar-refractivity contribution in [2.45, 2.75) is 31.8 Å². The molecule has 1 aliphatic carbocycles. The molecule has 34 heavy (non-hydrogen) atoms. The summed E-state index contributed by atoms with van der Waals surface area (Å²) in [5, 5.41) is 11.7. The minimum atomic E-state index is -1.26. The molecule has 2 N–H and O–H groups in total. The number of rotatable bonds is 8. The molecular weight excluding hydrogens is 436 g/mol. The van der Waals surface area contributed by atoms with Crippen LogP contribution in [-0.4, -0.2) is 47.7 Å². The van der Waals surface area contributed by atoms with E-state index < -0.39 is 30.4 Å². The number of benzene rings is 2. The molecule has 1 aromatic heterocycles. The van der Waals surface area contributed by atoms with Crippen molar-refractivity contribution < 1.29 is 28.6 Å². The topological polar surface area (TPSA) is 109 Å². The summed E-state index contributed by atoms with van der Waals surface area (Å²) in [4.78, 5) is 38.2. The molecule has 1 atom stereocenters. The number of hydrogen-bond acceptors (Lipinski definition) is 5. The van der Waals surface area contributed by atoms with Crippen LogP contribution in [0.1, 0.15) is 34.8 Å². The van der Waals surface area contributed by atoms with Crippen LogP contribution in [0.15, 0.2) is 65.3 Å². The Morgan fingerprint density at radius 1 is 1.06 bits per heavy atom. The third kappa shape index (κ3) is 4.80. The van der Waals surface area contributed by atoms with Crippen LogP contribution in [0.3, 0.4) is 0 Å². The number of carbonyl (C=O) groups excluding carboxylic acids is 2. The number of aryl methyl sites for hydroxylation is 1. The second-order valence-electron chi connectivity index (χ2n) is 8.32. The predicted octanol–water partition coefficient (Wildman–Crippen LogP) is 3.93. The van der Waals surface area contributed by atoms with Gasteiger partial charge < -0.3 is 24.5 Å². The van der Waals surface area contributed by atoms with Gasteiger partial charge >= 0.3 is 12.1 Å². The molecule has 1 unspecified atom stereocenters. The first-order valence-corrected chi connectivity index (χ1v) is 11.0. The Kier molecular flexibility index (Phi) is 6.67. The fourth-order valence-corrected chi connectivity index (χ4v) is 4.33. The van der Waals surface area contributed by atoms with Gasteiger partial charge in [0.15, 0.2) is 0 Å². The van der Waals surface area contributed by atoms with Crippen molar-refractivity contribution in [3.05, 3.63) is 83.3 Å². The molecule has 8 heteroatoms. The average molecular weight is 463 g/mol. The highest BCUT2D eigenvalue weighted by atomic mass is 16.5. The fraction of sp³-hybridized carbons (Fsp3) is 0.269. The van der Waals surface area contributed by atoms with Crippen molar-refractivity contribution in [3.8, 4) is 11.1 Å². The lowest BCUT2D eigenvalue weighted by Crippen LogP contribution is -2.48. The zero-order valence-electron chi connectivity index (χ0n) is 19.0. The van der Waals surface area contributed by atoms with Gasteiger partial charge in [0.2, 0.25) is 5.91 Å². The van der Waals surface area contributed by atoms with Crippen LogP contribution in [0.5, 0.6) is 0 Å². The number of nitrogens with one attached hydrogen (secondary N) is 1. The van der Waals surface area contributed by atoms with E-state index in [-0.39, 0.29) is 19.1 Å². The number of carboxylic acids is 1. The fourth-order valence-electron chi connectivity index (χ4n) is 4.33. The molecule has 0 radical (unpaired) electrons. The SMILES string of the molecule is Cc1occc1CN(C)C(=O)C(CC(=O)O)NC(=O)OCC1c2ccccc2-c2ccccc21. The number of aliphatic carboxylic acids is 1. The van der Waals surface area contributed by atoms with Gasteiger partial charge in [0.25, 0.3) is 0 Å². The van der Waals surface area contributed by atoms with Gasteiger partial charge in [0, 0.05) is 25.1 Å². The van der Waals surface area contributed by atoms with E-state index in [1.165, 1.54) is 11.2 Å². The molecule has 0 saturated carbocycles. The smallest absolute Gasteiger partial charge is 0.407 e. The number of hydrogen-bond donors (Lipinski definition) is 2. The van der Waals surface area contributed by atoms with E-state index in [4.69, 9.17) is 9.15 Å². The predicted molar refractivity (Wildman–Crippen MR) is 124 cm³/mol. The summed E-state index contributed by atoms with van der Waals surface area (Å²) in [7, 11) is 1.54. The van der Waals surface area contributed by atoms with E-state index in [1.807, 2.05) is 48.5 Å². The van der Waals surface area contributed by atoms with Crippen LogP contribution in [-0.2, 0) is 20.9 Å². The molecule has 4 rings (SSSR count). The van der Waals surface area contributed by atoms with E-state index in [0.717, 1.165) is 27.8 Å². The molecule has 0 saturated heterocycles. The molecule has 8 nitrogen and oxygen atoms in total. The molecule has 2 amide bonds. The molecule has 1 aliphatic rings. The number of carbonyl (C=O) groups is 3. The van der Waals surface area contributed by atoms with Crippen molar-refractivity contribution in [2.24, 2.45) is 0 Å². The van der Waals surface area contributed by atoms with Gasteiger partial charge in [-0.3, -0.25) is 9.59 Å². The number of amides is 2. The number of likely N-dealkylation sites (N-methyl/N-ethyl adjacent to an activating group) is 1. The largest absolute Gasteiger partial charge is 0.481 e. The molecule has 0 fully saturated rings. The second kappa shape index (κ2) is 9.82. The highest BCUT2D eigenvalue weighted by Crippen LogP contribution is 2.44. The number of nitrogens with zero attached hydrogens (tertiary/aromatic N) is 1. The van der Waals surface area contributed by atoms with Crippen molar-refractivity contribution >= 4 is 18.0 Å². The van der Waals surface area contributed by atoms with Crippen molar-refractivity contribution in [3.63, 3.8) is 0 Å². The quantitative estimate of drug-likeness (QED) is 0.525. The first-order chi connectivity index (χ1) is 16.3. The van der Waals surface area contributed by atoms with Gasteiger partial charge in [0.1, 0.15) is 18.4 Å². The maximum absolute atomic E-state index is 12.9. The Morgan fingerprint density at radius 2 is 1.68 bits per heavy atom. The van der Waals surface area contributed by atoms with Gasteiger partial charge in [-0.25, -0.2) is 4.79 Å². The number of ether oxygens (including phenoxy) is 1. The standard InChI is InChI=1S/C26H26N2O6/c1-16-17(11-12-33-16)14-28(2)25(31)23(13-24(29)30)27-26(32)34-15-22-20-9-5-3-7-18(20)19-8-4-6-10-21(19)22/h3-12,22-23H,13-15H2,1-2H3,(H,27,32)(H,29,30). The summed E-state index contributed by atoms with van der Waals surface area (Å²) in [6.45, 7) is 2.07. The third-order valence-electron chi connectivity index (χ3n) is 6.06. The third-order valence-corrected chi connectivity index (χ3v) is 6.06. The summed E-state index contributed by atoms with van der Waals surface area (Å²) < 4.78 is 10.7. The average Bonchev–Trinajstić information content (AvgIpc) is 3.37. The molecule has 2 aromatic carbocycles. The molecular formula is C26H26N2O6. The van der Waals surface area contributed by atoms with Crippen LogP contribution in [0.25, 0.3) is 11.1 Å². The van der Waals surface area contributed by atoms with Crippen LogP contribution in [0.4, 0.5) is 4.79 Å². The summed E-state index contributed by atoms with van der Waals surface area (Å²) >= 11 is 0. The summed E-state index contributed by atoms with van der Waals surface area (Å²) in [6.07, 6.45) is 0.124. The molecule has 3 aromatic rings. The summed E-state index contributed by atoms with van der Waals surface area (Å²) in [5.41, 5.74) is 5.12. The minimum absolute atomic E-state index is 0.0674. The van der Waals surface area contributed by atoms with Gasteiger partial charge in [-0.05, 0) is 35.2 Å². The Labute approximate surface area is 197 Å². The first-order valence-electron chi connectivity index (χ1n) is 11.0. The number of alkyl carbamates (subject to hydrolysis) is 1. The lowest BCUT2D eigenvalue weighted by Gasteiger charge is -2.24. The van der Waals surface area contributed by atoms with Crippen LogP contribution in [0, 0.1) is 6.92 Å². The zero-order chi connectivity index (χ0) is 24.2. The Hall–Kier alpha value is -4.07. The second-order valence-corrected chi connectivity index (χ2v) is 8.32. The molecule has 176 valence electrons. The molecule has 0 bridgehead atoms. The Morgan fingerprint density at radius 3 is 2.24 bits per heavy atom. The summed E-state index contributed by atoms with van der Waals surface area (Å²) in [6, 6.07) is 16.4. The van der Waals surface area contributed by atoms with Gasteiger partial charge in [-0.2, -0.15) is 0 Å². The van der Waals surface area contributed by atoms with E-state index in [9.17, 15) is 19.5 Å². The lowest BCUT2D eigenvalue weighted by atomic mass is 9.98. The van der Waals surface area contributed by atoms with Gasteiger partial charge in [-0.15, -0.1) is 0 Å². The number of fused-ring (bicyclic) bond motifs is 3. The van der Waals surface area contributed by atoms with Crippen LogP contribution < -0.4 is 5.32 Å². The van der Waals surface area contributed by atoms with Crippen molar-refractivity contribution in [1.82, 2.24) is 10.2 Å². The highest BCUT2D eigenvalue weighted by Gasteiger charge is 2.31.